The average Bonchev–Trinajstić information content (AvgIpc) is 3.06. The first-order chi connectivity index (χ1) is 13.6. The number of pyridine rings is 1. The highest BCUT2D eigenvalue weighted by molar-refractivity contribution is 6.10. The number of nitrogens with one attached hydrogen (secondary N) is 1. The van der Waals surface area contributed by atoms with Crippen molar-refractivity contribution in [1.82, 2.24) is 9.97 Å². The Bertz CT molecular complexity index is 1260. The third-order valence-corrected chi connectivity index (χ3v) is 4.74. The minimum absolute atomic E-state index is 0.0214. The van der Waals surface area contributed by atoms with Crippen LogP contribution in [0.25, 0.3) is 21.8 Å². The Morgan fingerprint density at radius 2 is 2.07 bits per heavy atom. The van der Waals surface area contributed by atoms with E-state index in [0.717, 1.165) is 27.4 Å². The summed E-state index contributed by atoms with van der Waals surface area (Å²) in [6.45, 7) is 1.76. The van der Waals surface area contributed by atoms with Gasteiger partial charge in [0.25, 0.3) is 0 Å². The largest absolute Gasteiger partial charge is 0.369 e. The second kappa shape index (κ2) is 7.16. The van der Waals surface area contributed by atoms with Gasteiger partial charge in [-0.2, -0.15) is 0 Å². The van der Waals surface area contributed by atoms with E-state index in [1.54, 1.807) is 13.1 Å². The minimum Gasteiger partial charge on any atom is -0.369 e. The molecule has 0 aliphatic rings. The zero-order valence-corrected chi connectivity index (χ0v) is 15.3. The summed E-state index contributed by atoms with van der Waals surface area (Å²) in [6.07, 6.45) is 2.08. The van der Waals surface area contributed by atoms with Crippen molar-refractivity contribution in [3.8, 4) is 11.8 Å². The number of carbonyl (C=O) groups excluding carboxylic acids is 1. The molecule has 1 amide bonds. The van der Waals surface area contributed by atoms with Crippen molar-refractivity contribution in [1.29, 1.82) is 0 Å². The zero-order valence-electron chi connectivity index (χ0n) is 15.3. The highest BCUT2D eigenvalue weighted by Gasteiger charge is 2.18. The summed E-state index contributed by atoms with van der Waals surface area (Å²) in [5.41, 5.74) is 9.70. The lowest BCUT2D eigenvalue weighted by Gasteiger charge is -2.10. The molecule has 2 heterocycles. The number of primary amides is 1. The van der Waals surface area contributed by atoms with Crippen LogP contribution in [0.2, 0.25) is 0 Å². The number of carbonyl (C=O) groups is 1. The van der Waals surface area contributed by atoms with Gasteiger partial charge >= 0.3 is 0 Å². The monoisotopic (exact) mass is 371 g/mol. The molecule has 0 saturated heterocycles. The fourth-order valence-corrected chi connectivity index (χ4v) is 3.56. The molecule has 0 bridgehead atoms. The Balaban J connectivity index is 1.90. The summed E-state index contributed by atoms with van der Waals surface area (Å²) >= 11 is 0. The normalized spacial score (nSPS) is 10.8. The van der Waals surface area contributed by atoms with Crippen molar-refractivity contribution in [3.63, 3.8) is 0 Å². The minimum atomic E-state index is -0.496. The van der Waals surface area contributed by atoms with Crippen molar-refractivity contribution in [2.24, 2.45) is 5.73 Å². The molecule has 28 heavy (non-hydrogen) atoms. The number of aromatic nitrogens is 2. The lowest BCUT2D eigenvalue weighted by molar-refractivity contribution is -0.117. The molecule has 4 nitrogen and oxygen atoms in total. The van der Waals surface area contributed by atoms with Crippen molar-refractivity contribution in [2.75, 3.05) is 0 Å². The molecule has 0 fully saturated rings. The summed E-state index contributed by atoms with van der Waals surface area (Å²) in [4.78, 5) is 19.1. The van der Waals surface area contributed by atoms with Crippen LogP contribution in [0.5, 0.6) is 0 Å². The molecule has 5 heteroatoms. The first-order valence-corrected chi connectivity index (χ1v) is 8.93. The summed E-state index contributed by atoms with van der Waals surface area (Å²) in [7, 11) is 0. The molecule has 0 atom stereocenters. The number of para-hydroxylation sites is 1. The van der Waals surface area contributed by atoms with Crippen molar-refractivity contribution >= 4 is 27.7 Å². The number of hydrogen-bond donors (Lipinski definition) is 2. The van der Waals surface area contributed by atoms with E-state index in [0.29, 0.717) is 23.2 Å². The molecule has 0 unspecified atom stereocenters. The SMILES string of the molecule is CC#Cc1ccc(Cc2c(F)cc(CC(N)=O)c3[nH]c4ccccc4c23)cn1. The van der Waals surface area contributed by atoms with Gasteiger partial charge in [-0.25, -0.2) is 9.37 Å². The molecule has 0 spiro atoms. The molecule has 0 radical (unpaired) electrons. The maximum absolute atomic E-state index is 15.1. The smallest absolute Gasteiger partial charge is 0.221 e. The van der Waals surface area contributed by atoms with Crippen LogP contribution in [0.1, 0.15) is 29.3 Å². The number of hydrogen-bond acceptors (Lipinski definition) is 2. The first-order valence-electron chi connectivity index (χ1n) is 8.93. The predicted octanol–water partition coefficient (Wildman–Crippen LogP) is 3.85. The molecule has 3 N–H and O–H groups in total. The first kappa shape index (κ1) is 17.7. The topological polar surface area (TPSA) is 71.8 Å². The van der Waals surface area contributed by atoms with Crippen molar-refractivity contribution in [3.05, 3.63) is 76.9 Å². The van der Waals surface area contributed by atoms with Crippen LogP contribution in [0.15, 0.2) is 48.7 Å². The van der Waals surface area contributed by atoms with Gasteiger partial charge in [0.05, 0.1) is 11.9 Å². The number of aromatic amines is 1. The van der Waals surface area contributed by atoms with Gasteiger partial charge in [0.2, 0.25) is 5.91 Å². The van der Waals surface area contributed by atoms with Crippen LogP contribution in [-0.4, -0.2) is 15.9 Å². The molecule has 0 aliphatic carbocycles. The summed E-state index contributed by atoms with van der Waals surface area (Å²) < 4.78 is 15.1. The summed E-state index contributed by atoms with van der Waals surface area (Å²) in [5, 5.41) is 1.70. The predicted molar refractivity (Wildman–Crippen MR) is 108 cm³/mol. The fourth-order valence-electron chi connectivity index (χ4n) is 3.56. The Hall–Kier alpha value is -3.65. The van der Waals surface area contributed by atoms with Gasteiger partial charge in [0.1, 0.15) is 11.5 Å². The van der Waals surface area contributed by atoms with Crippen LogP contribution in [0.3, 0.4) is 0 Å². The molecule has 2 aromatic heterocycles. The quantitative estimate of drug-likeness (QED) is 0.535. The van der Waals surface area contributed by atoms with Gasteiger partial charge in [0, 0.05) is 34.5 Å². The van der Waals surface area contributed by atoms with Gasteiger partial charge in [-0.3, -0.25) is 4.79 Å². The van der Waals surface area contributed by atoms with Gasteiger partial charge in [0.15, 0.2) is 0 Å². The maximum Gasteiger partial charge on any atom is 0.221 e. The standard InChI is InChI=1S/C23H18FN3O/c1-2-5-16-9-8-14(13-26-16)10-18-19(24)11-15(12-21(25)28)23-22(18)17-6-3-4-7-20(17)27-23/h3-4,6-9,11,13,27H,10,12H2,1H3,(H2,25,28). The number of amides is 1. The molecule has 138 valence electrons. The van der Waals surface area contributed by atoms with Crippen LogP contribution in [0.4, 0.5) is 4.39 Å². The van der Waals surface area contributed by atoms with Crippen LogP contribution >= 0.6 is 0 Å². The number of rotatable bonds is 4. The molecule has 0 aliphatic heterocycles. The third-order valence-electron chi connectivity index (χ3n) is 4.74. The lowest BCUT2D eigenvalue weighted by atomic mass is 9.96. The number of nitrogens with zero attached hydrogens (tertiary/aromatic N) is 1. The molecule has 2 aromatic carbocycles. The van der Waals surface area contributed by atoms with Gasteiger partial charge in [-0.15, -0.1) is 0 Å². The van der Waals surface area contributed by atoms with Gasteiger partial charge in [-0.05, 0) is 42.2 Å². The van der Waals surface area contributed by atoms with Crippen LogP contribution < -0.4 is 5.73 Å². The number of benzene rings is 2. The fraction of sp³-hybridized carbons (Fsp3) is 0.130. The van der Waals surface area contributed by atoms with Crippen LogP contribution in [-0.2, 0) is 17.6 Å². The zero-order chi connectivity index (χ0) is 19.7. The number of fused-ring (bicyclic) bond motifs is 3. The number of halogens is 1. The Morgan fingerprint density at radius 3 is 2.79 bits per heavy atom. The lowest BCUT2D eigenvalue weighted by Crippen LogP contribution is -2.14. The van der Waals surface area contributed by atoms with Gasteiger partial charge < -0.3 is 10.7 Å². The van der Waals surface area contributed by atoms with E-state index in [-0.39, 0.29) is 12.2 Å². The highest BCUT2D eigenvalue weighted by atomic mass is 19.1. The third kappa shape index (κ3) is 3.21. The van der Waals surface area contributed by atoms with Crippen molar-refractivity contribution in [2.45, 2.75) is 19.8 Å². The van der Waals surface area contributed by atoms with E-state index in [1.807, 2.05) is 36.4 Å². The van der Waals surface area contributed by atoms with Crippen LogP contribution in [0, 0.1) is 17.7 Å². The van der Waals surface area contributed by atoms with E-state index >= 15 is 4.39 Å². The van der Waals surface area contributed by atoms with E-state index in [2.05, 4.69) is 21.8 Å². The Morgan fingerprint density at radius 1 is 1.25 bits per heavy atom. The number of H-pyrrole nitrogens is 1. The molecular formula is C23H18FN3O. The van der Waals surface area contributed by atoms with E-state index in [1.165, 1.54) is 6.07 Å². The highest BCUT2D eigenvalue weighted by Crippen LogP contribution is 2.34. The molecular weight excluding hydrogens is 353 g/mol. The molecule has 4 rings (SSSR count). The van der Waals surface area contributed by atoms with E-state index in [4.69, 9.17) is 5.73 Å². The number of nitrogens with two attached hydrogens (primary N) is 1. The maximum atomic E-state index is 15.1. The Labute approximate surface area is 161 Å². The van der Waals surface area contributed by atoms with Crippen molar-refractivity contribution < 1.29 is 9.18 Å². The second-order valence-corrected chi connectivity index (χ2v) is 6.66. The summed E-state index contributed by atoms with van der Waals surface area (Å²) in [5.74, 6) is 4.86. The average molecular weight is 371 g/mol. The molecule has 4 aromatic rings. The van der Waals surface area contributed by atoms with E-state index < -0.39 is 5.91 Å². The van der Waals surface area contributed by atoms with Gasteiger partial charge in [-0.1, -0.05) is 30.2 Å². The second-order valence-electron chi connectivity index (χ2n) is 6.66. The Kier molecular flexibility index (Phi) is 4.54. The summed E-state index contributed by atoms with van der Waals surface area (Å²) in [6, 6.07) is 12.9. The molecule has 0 saturated carbocycles. The van der Waals surface area contributed by atoms with E-state index in [9.17, 15) is 4.79 Å².